The minimum Gasteiger partial charge on any atom is -0.368 e. The van der Waals surface area contributed by atoms with Gasteiger partial charge in [-0.1, -0.05) is 0 Å². The highest BCUT2D eigenvalue weighted by molar-refractivity contribution is 5.92. The molecule has 0 bridgehead atoms. The predicted octanol–water partition coefficient (Wildman–Crippen LogP) is 3.00. The number of fused-ring (bicyclic) bond motifs is 3. The number of alkyl halides is 3. The maximum absolute atomic E-state index is 13.1. The van der Waals surface area contributed by atoms with Crippen LogP contribution in [0.4, 0.5) is 24.8 Å². The van der Waals surface area contributed by atoms with Crippen LogP contribution in [0.2, 0.25) is 0 Å². The first-order valence-corrected chi connectivity index (χ1v) is 9.56. The maximum atomic E-state index is 13.1. The summed E-state index contributed by atoms with van der Waals surface area (Å²) in [6, 6.07) is 3.39. The van der Waals surface area contributed by atoms with Crippen LogP contribution in [0.5, 0.6) is 0 Å². The Morgan fingerprint density at radius 3 is 2.77 bits per heavy atom. The molecule has 30 heavy (non-hydrogen) atoms. The van der Waals surface area contributed by atoms with E-state index in [9.17, 15) is 13.2 Å². The van der Waals surface area contributed by atoms with Crippen LogP contribution in [0.15, 0.2) is 30.6 Å². The molecule has 1 saturated heterocycles. The minimum atomic E-state index is -4.45. The van der Waals surface area contributed by atoms with Crippen molar-refractivity contribution in [2.24, 2.45) is 7.05 Å². The fourth-order valence-corrected chi connectivity index (χ4v) is 3.99. The first kappa shape index (κ1) is 18.6. The van der Waals surface area contributed by atoms with Gasteiger partial charge in [0.2, 0.25) is 5.95 Å². The Labute approximate surface area is 169 Å². The number of nitrogens with two attached hydrogens (primary N) is 1. The molecule has 1 atom stereocenters. The molecule has 1 fully saturated rings. The van der Waals surface area contributed by atoms with Crippen LogP contribution in [-0.2, 0) is 13.2 Å². The quantitative estimate of drug-likeness (QED) is 0.540. The molecular formula is C19H19F3N8. The third-order valence-corrected chi connectivity index (χ3v) is 5.48. The van der Waals surface area contributed by atoms with Gasteiger partial charge in [0.15, 0.2) is 11.5 Å². The van der Waals surface area contributed by atoms with Crippen molar-refractivity contribution in [2.75, 3.05) is 23.7 Å². The van der Waals surface area contributed by atoms with E-state index in [-0.39, 0.29) is 17.4 Å². The molecule has 1 unspecified atom stereocenters. The van der Waals surface area contributed by atoms with E-state index in [1.54, 1.807) is 4.68 Å². The number of benzene rings is 1. The smallest absolute Gasteiger partial charge is 0.368 e. The standard InChI is InChI=1S/C19H19F3N8/c1-28-10-13(8-24-28)29-6-2-3-11(9-29)16-26-17-14-5-4-12(19(20,21)22)7-15(14)25-18(23)30(17)27-16/h4-5,7-8,10-11H,2-3,6,9H2,1H3,(H2,23,25). The molecule has 1 aromatic carbocycles. The van der Waals surface area contributed by atoms with Crippen LogP contribution in [0, 0.1) is 0 Å². The number of nitrogen functional groups attached to an aromatic ring is 1. The molecule has 1 aliphatic heterocycles. The Kier molecular flexibility index (Phi) is 4.09. The van der Waals surface area contributed by atoms with E-state index < -0.39 is 11.7 Å². The third-order valence-electron chi connectivity index (χ3n) is 5.48. The van der Waals surface area contributed by atoms with Crippen LogP contribution < -0.4 is 10.6 Å². The molecule has 0 saturated carbocycles. The highest BCUT2D eigenvalue weighted by atomic mass is 19.4. The molecular weight excluding hydrogens is 397 g/mol. The Balaban J connectivity index is 1.54. The average Bonchev–Trinajstić information content (AvgIpc) is 3.34. The van der Waals surface area contributed by atoms with Gasteiger partial charge in [0.25, 0.3) is 0 Å². The van der Waals surface area contributed by atoms with E-state index in [1.807, 2.05) is 19.4 Å². The van der Waals surface area contributed by atoms with Crippen molar-refractivity contribution in [1.82, 2.24) is 29.4 Å². The molecule has 156 valence electrons. The van der Waals surface area contributed by atoms with Gasteiger partial charge in [-0.3, -0.25) is 4.68 Å². The molecule has 0 radical (unpaired) electrons. The summed E-state index contributed by atoms with van der Waals surface area (Å²) in [6.45, 7) is 1.65. The van der Waals surface area contributed by atoms with Gasteiger partial charge in [0.05, 0.1) is 23.0 Å². The Morgan fingerprint density at radius 1 is 1.20 bits per heavy atom. The van der Waals surface area contributed by atoms with Crippen LogP contribution in [-0.4, -0.2) is 42.5 Å². The van der Waals surface area contributed by atoms with Gasteiger partial charge in [-0.25, -0.2) is 9.97 Å². The number of aryl methyl sites for hydroxylation is 1. The second kappa shape index (κ2) is 6.57. The summed E-state index contributed by atoms with van der Waals surface area (Å²) in [5.74, 6) is 0.697. The Bertz CT molecular complexity index is 1240. The zero-order valence-electron chi connectivity index (χ0n) is 16.1. The maximum Gasteiger partial charge on any atom is 0.416 e. The SMILES string of the molecule is Cn1cc(N2CCCC(c3nc4c5ccc(C(F)(F)F)cc5nc(N)n4n3)C2)cn1. The number of nitrogens with zero attached hydrogens (tertiary/aromatic N) is 7. The predicted molar refractivity (Wildman–Crippen MR) is 105 cm³/mol. The van der Waals surface area contributed by atoms with Crippen molar-refractivity contribution >= 4 is 28.2 Å². The van der Waals surface area contributed by atoms with Gasteiger partial charge in [0, 0.05) is 37.6 Å². The van der Waals surface area contributed by atoms with E-state index >= 15 is 0 Å². The molecule has 5 rings (SSSR count). The van der Waals surface area contributed by atoms with Gasteiger partial charge < -0.3 is 10.6 Å². The summed E-state index contributed by atoms with van der Waals surface area (Å²) in [7, 11) is 1.87. The van der Waals surface area contributed by atoms with E-state index in [0.29, 0.717) is 16.9 Å². The zero-order chi connectivity index (χ0) is 21.0. The van der Waals surface area contributed by atoms with Crippen molar-refractivity contribution in [3.63, 3.8) is 0 Å². The summed E-state index contributed by atoms with van der Waals surface area (Å²) < 4.78 is 42.3. The summed E-state index contributed by atoms with van der Waals surface area (Å²) in [5.41, 5.74) is 6.82. The zero-order valence-corrected chi connectivity index (χ0v) is 16.1. The number of halogens is 3. The van der Waals surface area contributed by atoms with E-state index in [2.05, 4.69) is 25.1 Å². The molecule has 0 amide bonds. The van der Waals surface area contributed by atoms with Gasteiger partial charge in [-0.2, -0.15) is 22.8 Å². The number of piperidine rings is 1. The van der Waals surface area contributed by atoms with E-state index in [0.717, 1.165) is 43.8 Å². The molecule has 4 aromatic rings. The highest BCUT2D eigenvalue weighted by Crippen LogP contribution is 2.33. The molecule has 4 heterocycles. The van der Waals surface area contributed by atoms with Crippen LogP contribution in [0.3, 0.4) is 0 Å². The second-order valence-corrected chi connectivity index (χ2v) is 7.56. The number of aromatic nitrogens is 6. The summed E-state index contributed by atoms with van der Waals surface area (Å²) in [5, 5.41) is 9.25. The van der Waals surface area contributed by atoms with Gasteiger partial charge in [0.1, 0.15) is 0 Å². The van der Waals surface area contributed by atoms with Crippen LogP contribution in [0.1, 0.15) is 30.1 Å². The first-order chi connectivity index (χ1) is 14.3. The van der Waals surface area contributed by atoms with E-state index in [1.165, 1.54) is 10.6 Å². The van der Waals surface area contributed by atoms with Crippen LogP contribution >= 0.6 is 0 Å². The molecule has 3 aromatic heterocycles. The molecule has 8 nitrogen and oxygen atoms in total. The lowest BCUT2D eigenvalue weighted by Gasteiger charge is -2.32. The number of hydrogen-bond donors (Lipinski definition) is 1. The van der Waals surface area contributed by atoms with Gasteiger partial charge in [-0.05, 0) is 31.0 Å². The Morgan fingerprint density at radius 2 is 2.03 bits per heavy atom. The van der Waals surface area contributed by atoms with Crippen molar-refractivity contribution in [1.29, 1.82) is 0 Å². The normalized spacial score (nSPS) is 17.9. The molecule has 0 aliphatic carbocycles. The number of rotatable bonds is 2. The Hall–Kier alpha value is -3.37. The number of hydrogen-bond acceptors (Lipinski definition) is 6. The average molecular weight is 416 g/mol. The molecule has 2 N–H and O–H groups in total. The van der Waals surface area contributed by atoms with Crippen molar-refractivity contribution in [2.45, 2.75) is 24.9 Å². The third kappa shape index (κ3) is 3.10. The van der Waals surface area contributed by atoms with E-state index in [4.69, 9.17) is 5.73 Å². The molecule has 1 aliphatic rings. The van der Waals surface area contributed by atoms with Crippen molar-refractivity contribution in [3.8, 4) is 0 Å². The lowest BCUT2D eigenvalue weighted by atomic mass is 9.97. The summed E-state index contributed by atoms with van der Waals surface area (Å²) in [6.07, 6.45) is 1.23. The monoisotopic (exact) mass is 416 g/mol. The fraction of sp³-hybridized carbons (Fsp3) is 0.368. The van der Waals surface area contributed by atoms with Crippen molar-refractivity contribution in [3.05, 3.63) is 42.0 Å². The minimum absolute atomic E-state index is 0.00972. The molecule has 0 spiro atoms. The second-order valence-electron chi connectivity index (χ2n) is 7.56. The van der Waals surface area contributed by atoms with Gasteiger partial charge in [-0.15, -0.1) is 5.10 Å². The van der Waals surface area contributed by atoms with Gasteiger partial charge >= 0.3 is 6.18 Å². The largest absolute Gasteiger partial charge is 0.416 e. The summed E-state index contributed by atoms with van der Waals surface area (Å²) >= 11 is 0. The fourth-order valence-electron chi connectivity index (χ4n) is 3.99. The highest BCUT2D eigenvalue weighted by Gasteiger charge is 2.31. The molecule has 11 heteroatoms. The first-order valence-electron chi connectivity index (χ1n) is 9.56. The topological polar surface area (TPSA) is 90.2 Å². The number of anilines is 2. The van der Waals surface area contributed by atoms with Crippen LogP contribution in [0.25, 0.3) is 16.6 Å². The lowest BCUT2D eigenvalue weighted by Crippen LogP contribution is -2.34. The van der Waals surface area contributed by atoms with Crippen molar-refractivity contribution < 1.29 is 13.2 Å². The lowest BCUT2D eigenvalue weighted by molar-refractivity contribution is -0.137. The summed E-state index contributed by atoms with van der Waals surface area (Å²) in [4.78, 5) is 11.0.